The van der Waals surface area contributed by atoms with E-state index in [0.717, 1.165) is 0 Å². The van der Waals surface area contributed by atoms with Gasteiger partial charge in [-0.25, -0.2) is 0 Å². The lowest BCUT2D eigenvalue weighted by Gasteiger charge is -2.22. The molecule has 5 heteroatoms. The Bertz CT molecular complexity index is 371. The number of anilines is 1. The largest absolute Gasteiger partial charge is 0.481 e. The molecule has 0 bridgehead atoms. The van der Waals surface area contributed by atoms with Gasteiger partial charge in [-0.05, 0) is 18.1 Å². The van der Waals surface area contributed by atoms with Crippen molar-refractivity contribution in [2.24, 2.45) is 11.8 Å². The average Bonchev–Trinajstić information content (AvgIpc) is 2.67. The van der Waals surface area contributed by atoms with Gasteiger partial charge >= 0.3 is 5.97 Å². The molecule has 0 aliphatic rings. The molecule has 16 heavy (non-hydrogen) atoms. The van der Waals surface area contributed by atoms with Gasteiger partial charge in [-0.3, -0.25) is 9.59 Å². The number of rotatable bonds is 4. The van der Waals surface area contributed by atoms with Crippen LogP contribution in [0.15, 0.2) is 18.3 Å². The number of aromatic nitrogens is 1. The lowest BCUT2D eigenvalue weighted by atomic mass is 9.94. The van der Waals surface area contributed by atoms with Crippen LogP contribution in [0.5, 0.6) is 0 Å². The van der Waals surface area contributed by atoms with Gasteiger partial charge < -0.3 is 15.0 Å². The van der Waals surface area contributed by atoms with Crippen LogP contribution in [-0.2, 0) is 9.59 Å². The van der Waals surface area contributed by atoms with Crippen LogP contribution in [0.4, 0.5) is 5.82 Å². The van der Waals surface area contributed by atoms with Crippen molar-refractivity contribution in [1.82, 2.24) is 4.98 Å². The maximum atomic E-state index is 11.9. The number of carbonyl (C=O) groups excluding carboxylic acids is 1. The number of nitrogens with one attached hydrogen (secondary N) is 1. The summed E-state index contributed by atoms with van der Waals surface area (Å²) in [7, 11) is 1.56. The van der Waals surface area contributed by atoms with Gasteiger partial charge in [0, 0.05) is 13.2 Å². The molecule has 0 saturated heterocycles. The van der Waals surface area contributed by atoms with Gasteiger partial charge in [0.1, 0.15) is 11.7 Å². The molecule has 1 aromatic rings. The Morgan fingerprint density at radius 3 is 2.44 bits per heavy atom. The maximum absolute atomic E-state index is 11.9. The second kappa shape index (κ2) is 4.83. The monoisotopic (exact) mass is 224 g/mol. The highest BCUT2D eigenvalue weighted by Crippen LogP contribution is 2.18. The zero-order chi connectivity index (χ0) is 12.3. The van der Waals surface area contributed by atoms with E-state index < -0.39 is 17.8 Å². The molecule has 1 atom stereocenters. The SMILES string of the molecule is CC(C)C(C(=O)O)C(=O)N(C)c1ccc[nH]1. The molecule has 1 heterocycles. The first kappa shape index (κ1) is 12.3. The van der Waals surface area contributed by atoms with E-state index in [4.69, 9.17) is 5.11 Å². The van der Waals surface area contributed by atoms with E-state index in [2.05, 4.69) is 4.98 Å². The standard InChI is InChI=1S/C11H16N2O3/c1-7(2)9(11(15)16)10(14)13(3)8-5-4-6-12-8/h4-7,9,12H,1-3H3,(H,15,16). The molecule has 0 aliphatic carbocycles. The molecule has 2 N–H and O–H groups in total. The molecule has 1 aromatic heterocycles. The van der Waals surface area contributed by atoms with Crippen LogP contribution in [0.1, 0.15) is 13.8 Å². The quantitative estimate of drug-likeness (QED) is 0.758. The lowest BCUT2D eigenvalue weighted by molar-refractivity contribution is -0.147. The number of aromatic amines is 1. The summed E-state index contributed by atoms with van der Waals surface area (Å²) < 4.78 is 0. The number of hydrogen-bond donors (Lipinski definition) is 2. The van der Waals surface area contributed by atoms with E-state index in [-0.39, 0.29) is 5.92 Å². The van der Waals surface area contributed by atoms with Crippen LogP contribution in [0.3, 0.4) is 0 Å². The third-order valence-corrected chi connectivity index (χ3v) is 2.47. The first-order valence-corrected chi connectivity index (χ1v) is 5.09. The van der Waals surface area contributed by atoms with Crippen LogP contribution in [-0.4, -0.2) is 29.0 Å². The minimum absolute atomic E-state index is 0.234. The number of carboxylic acid groups (broad SMARTS) is 1. The number of H-pyrrole nitrogens is 1. The molecule has 1 rings (SSSR count). The Balaban J connectivity index is 2.87. The summed E-state index contributed by atoms with van der Waals surface area (Å²) in [6, 6.07) is 3.47. The van der Waals surface area contributed by atoms with Crippen LogP contribution >= 0.6 is 0 Å². The van der Waals surface area contributed by atoms with Gasteiger partial charge in [0.25, 0.3) is 0 Å². The van der Waals surface area contributed by atoms with E-state index in [1.807, 2.05) is 0 Å². The molecule has 0 fully saturated rings. The van der Waals surface area contributed by atoms with Gasteiger partial charge in [0.15, 0.2) is 0 Å². The molecular weight excluding hydrogens is 208 g/mol. The Kier molecular flexibility index (Phi) is 3.71. The zero-order valence-electron chi connectivity index (χ0n) is 9.60. The van der Waals surface area contributed by atoms with Gasteiger partial charge in [0.05, 0.1) is 0 Å². The fraction of sp³-hybridized carbons (Fsp3) is 0.455. The maximum Gasteiger partial charge on any atom is 0.316 e. The van der Waals surface area contributed by atoms with E-state index in [0.29, 0.717) is 5.82 Å². The average molecular weight is 224 g/mol. The summed E-state index contributed by atoms with van der Waals surface area (Å²) in [4.78, 5) is 27.1. The Hall–Kier alpha value is -1.78. The molecule has 0 aliphatic heterocycles. The summed E-state index contributed by atoms with van der Waals surface area (Å²) in [6.45, 7) is 3.44. The Morgan fingerprint density at radius 2 is 2.06 bits per heavy atom. The smallest absolute Gasteiger partial charge is 0.316 e. The normalized spacial score (nSPS) is 12.5. The molecule has 1 unspecified atom stereocenters. The van der Waals surface area contributed by atoms with Crippen molar-refractivity contribution in [3.05, 3.63) is 18.3 Å². The predicted molar refractivity (Wildman–Crippen MR) is 60.2 cm³/mol. The Labute approximate surface area is 94.1 Å². The molecule has 5 nitrogen and oxygen atoms in total. The van der Waals surface area contributed by atoms with Crippen molar-refractivity contribution < 1.29 is 14.7 Å². The zero-order valence-corrected chi connectivity index (χ0v) is 9.60. The second-order valence-corrected chi connectivity index (χ2v) is 4.01. The molecule has 1 amide bonds. The predicted octanol–water partition coefficient (Wildman–Crippen LogP) is 1.33. The summed E-state index contributed by atoms with van der Waals surface area (Å²) >= 11 is 0. The van der Waals surface area contributed by atoms with E-state index in [1.54, 1.807) is 39.2 Å². The van der Waals surface area contributed by atoms with Gasteiger partial charge in [-0.15, -0.1) is 0 Å². The molecule has 0 radical (unpaired) electrons. The molecule has 0 spiro atoms. The van der Waals surface area contributed by atoms with Gasteiger partial charge in [-0.1, -0.05) is 13.8 Å². The van der Waals surface area contributed by atoms with Crippen molar-refractivity contribution in [2.45, 2.75) is 13.8 Å². The minimum atomic E-state index is -1.08. The number of carboxylic acids is 1. The fourth-order valence-electron chi connectivity index (χ4n) is 1.53. The minimum Gasteiger partial charge on any atom is -0.481 e. The van der Waals surface area contributed by atoms with Gasteiger partial charge in [0.2, 0.25) is 5.91 Å². The number of aliphatic carboxylic acids is 1. The summed E-state index contributed by atoms with van der Waals surface area (Å²) in [5, 5.41) is 9.00. The highest BCUT2D eigenvalue weighted by molar-refractivity contribution is 6.05. The first-order valence-electron chi connectivity index (χ1n) is 5.09. The number of amides is 1. The highest BCUT2D eigenvalue weighted by atomic mass is 16.4. The van der Waals surface area contributed by atoms with Crippen LogP contribution < -0.4 is 4.90 Å². The number of nitrogens with zero attached hydrogens (tertiary/aromatic N) is 1. The lowest BCUT2D eigenvalue weighted by Crippen LogP contribution is -2.39. The summed E-state index contributed by atoms with van der Waals surface area (Å²) in [5.41, 5.74) is 0. The fourth-order valence-corrected chi connectivity index (χ4v) is 1.53. The van der Waals surface area contributed by atoms with Crippen LogP contribution in [0, 0.1) is 11.8 Å². The Morgan fingerprint density at radius 1 is 1.44 bits per heavy atom. The first-order chi connectivity index (χ1) is 7.45. The topological polar surface area (TPSA) is 73.4 Å². The van der Waals surface area contributed by atoms with Crippen LogP contribution in [0.2, 0.25) is 0 Å². The van der Waals surface area contributed by atoms with Crippen molar-refractivity contribution in [3.8, 4) is 0 Å². The number of hydrogen-bond acceptors (Lipinski definition) is 2. The van der Waals surface area contributed by atoms with E-state index >= 15 is 0 Å². The molecule has 0 saturated carbocycles. The highest BCUT2D eigenvalue weighted by Gasteiger charge is 2.32. The third kappa shape index (κ3) is 2.42. The van der Waals surface area contributed by atoms with E-state index in [1.165, 1.54) is 4.90 Å². The van der Waals surface area contributed by atoms with E-state index in [9.17, 15) is 9.59 Å². The number of carbonyl (C=O) groups is 2. The van der Waals surface area contributed by atoms with Crippen molar-refractivity contribution in [1.29, 1.82) is 0 Å². The summed E-state index contributed by atoms with van der Waals surface area (Å²) in [5.74, 6) is -2.14. The third-order valence-electron chi connectivity index (χ3n) is 2.47. The molecule has 88 valence electrons. The van der Waals surface area contributed by atoms with Crippen molar-refractivity contribution >= 4 is 17.7 Å². The van der Waals surface area contributed by atoms with Crippen molar-refractivity contribution in [2.75, 3.05) is 11.9 Å². The molecule has 0 aromatic carbocycles. The van der Waals surface area contributed by atoms with Crippen LogP contribution in [0.25, 0.3) is 0 Å². The van der Waals surface area contributed by atoms with Gasteiger partial charge in [-0.2, -0.15) is 0 Å². The molecular formula is C11H16N2O3. The summed E-state index contributed by atoms with van der Waals surface area (Å²) in [6.07, 6.45) is 1.68. The van der Waals surface area contributed by atoms with Crippen molar-refractivity contribution in [3.63, 3.8) is 0 Å². The second-order valence-electron chi connectivity index (χ2n) is 4.01.